The maximum atomic E-state index is 10.7. The van der Waals surface area contributed by atoms with Crippen LogP contribution >= 0.6 is 0 Å². The molecule has 0 aromatic heterocycles. The van der Waals surface area contributed by atoms with Crippen molar-refractivity contribution >= 4 is 11.7 Å². The van der Waals surface area contributed by atoms with Crippen molar-refractivity contribution in [2.45, 2.75) is 25.5 Å². The number of benzene rings is 1. The number of rotatable bonds is 4. The van der Waals surface area contributed by atoms with Crippen molar-refractivity contribution in [2.75, 3.05) is 6.54 Å². The largest absolute Gasteiger partial charge is 0.480 e. The first-order valence-electron chi connectivity index (χ1n) is 5.93. The van der Waals surface area contributed by atoms with E-state index in [1.54, 1.807) is 0 Å². The van der Waals surface area contributed by atoms with Crippen molar-refractivity contribution in [2.24, 2.45) is 5.16 Å². The summed E-state index contributed by atoms with van der Waals surface area (Å²) in [5, 5.41) is 15.8. The third kappa shape index (κ3) is 3.56. The Morgan fingerprint density at radius 1 is 1.44 bits per heavy atom. The molecule has 5 nitrogen and oxygen atoms in total. The Hall–Kier alpha value is -1.88. The molecule has 1 fully saturated rings. The van der Waals surface area contributed by atoms with Gasteiger partial charge in [-0.25, -0.2) is 0 Å². The van der Waals surface area contributed by atoms with Crippen molar-refractivity contribution in [3.05, 3.63) is 35.9 Å². The normalized spacial score (nSPS) is 21.8. The lowest BCUT2D eigenvalue weighted by molar-refractivity contribution is -0.139. The van der Waals surface area contributed by atoms with Gasteiger partial charge in [-0.15, -0.1) is 0 Å². The van der Waals surface area contributed by atoms with E-state index in [9.17, 15) is 4.79 Å². The zero-order chi connectivity index (χ0) is 12.8. The fourth-order valence-corrected chi connectivity index (χ4v) is 1.80. The fourth-order valence-electron chi connectivity index (χ4n) is 1.80. The predicted octanol–water partition coefficient (Wildman–Crippen LogP) is 1.40. The number of oxime groups is 1. The van der Waals surface area contributed by atoms with E-state index in [1.807, 2.05) is 30.3 Å². The molecule has 96 valence electrons. The molecule has 5 heteroatoms. The Morgan fingerprint density at radius 2 is 2.22 bits per heavy atom. The highest BCUT2D eigenvalue weighted by Gasteiger charge is 2.22. The summed E-state index contributed by atoms with van der Waals surface area (Å²) < 4.78 is 0. The number of carboxylic acid groups (broad SMARTS) is 1. The minimum Gasteiger partial charge on any atom is -0.480 e. The van der Waals surface area contributed by atoms with Crippen LogP contribution in [-0.2, 0) is 16.2 Å². The van der Waals surface area contributed by atoms with Crippen LogP contribution in [0.3, 0.4) is 0 Å². The topological polar surface area (TPSA) is 70.9 Å². The van der Waals surface area contributed by atoms with Crippen LogP contribution in [-0.4, -0.2) is 29.4 Å². The van der Waals surface area contributed by atoms with Gasteiger partial charge in [-0.05, 0) is 18.4 Å². The van der Waals surface area contributed by atoms with E-state index in [1.165, 1.54) is 0 Å². The van der Waals surface area contributed by atoms with Crippen LogP contribution in [0.1, 0.15) is 18.4 Å². The Bertz CT molecular complexity index is 421. The van der Waals surface area contributed by atoms with E-state index in [4.69, 9.17) is 9.94 Å². The van der Waals surface area contributed by atoms with Gasteiger partial charge in [0, 0.05) is 6.54 Å². The van der Waals surface area contributed by atoms with Crippen molar-refractivity contribution < 1.29 is 14.7 Å². The van der Waals surface area contributed by atoms with Crippen molar-refractivity contribution in [1.29, 1.82) is 0 Å². The molecular weight excluding hydrogens is 232 g/mol. The van der Waals surface area contributed by atoms with Crippen LogP contribution in [0.2, 0.25) is 0 Å². The molecule has 1 unspecified atom stereocenters. The van der Waals surface area contributed by atoms with E-state index in [0.29, 0.717) is 26.0 Å². The van der Waals surface area contributed by atoms with Gasteiger partial charge in [-0.2, -0.15) is 0 Å². The number of piperidine rings is 1. The van der Waals surface area contributed by atoms with Crippen molar-refractivity contribution in [3.8, 4) is 0 Å². The van der Waals surface area contributed by atoms with Crippen LogP contribution in [0, 0.1) is 0 Å². The summed E-state index contributed by atoms with van der Waals surface area (Å²) in [6, 6.07) is 9.33. The maximum absolute atomic E-state index is 10.7. The smallest absolute Gasteiger partial charge is 0.320 e. The van der Waals surface area contributed by atoms with Gasteiger partial charge in [0.05, 0.1) is 5.71 Å². The van der Waals surface area contributed by atoms with Gasteiger partial charge >= 0.3 is 5.97 Å². The molecule has 18 heavy (non-hydrogen) atoms. The quantitative estimate of drug-likeness (QED) is 0.790. The first-order chi connectivity index (χ1) is 8.75. The fraction of sp³-hybridized carbons (Fsp3) is 0.385. The molecule has 1 saturated heterocycles. The molecule has 2 N–H and O–H groups in total. The molecular formula is C13H16N2O3. The van der Waals surface area contributed by atoms with Crippen LogP contribution in [0.15, 0.2) is 35.5 Å². The molecule has 1 aliphatic heterocycles. The lowest BCUT2D eigenvalue weighted by Crippen LogP contribution is -2.44. The molecule has 1 aromatic carbocycles. The molecule has 1 aromatic rings. The van der Waals surface area contributed by atoms with Crippen molar-refractivity contribution in [1.82, 2.24) is 5.32 Å². The van der Waals surface area contributed by atoms with Gasteiger partial charge in [0.25, 0.3) is 0 Å². The molecule has 1 heterocycles. The standard InChI is InChI=1S/C13H16N2O3/c16-13(17)12-7-6-11(8-14-12)15-18-9-10-4-2-1-3-5-10/h1-5,12,14H,6-9H2,(H,16,17). The van der Waals surface area contributed by atoms with Gasteiger partial charge in [-0.3, -0.25) is 10.1 Å². The van der Waals surface area contributed by atoms with E-state index >= 15 is 0 Å². The lowest BCUT2D eigenvalue weighted by Gasteiger charge is -2.20. The number of hydrogen-bond donors (Lipinski definition) is 2. The second-order valence-corrected chi connectivity index (χ2v) is 4.23. The summed E-state index contributed by atoms with van der Waals surface area (Å²) in [4.78, 5) is 16.0. The molecule has 2 rings (SSSR count). The number of nitrogens with one attached hydrogen (secondary N) is 1. The Labute approximate surface area is 105 Å². The highest BCUT2D eigenvalue weighted by Crippen LogP contribution is 2.07. The van der Waals surface area contributed by atoms with Crippen LogP contribution in [0.25, 0.3) is 0 Å². The number of carbonyl (C=O) groups is 1. The third-order valence-corrected chi connectivity index (χ3v) is 2.84. The van der Waals surface area contributed by atoms with Crippen LogP contribution < -0.4 is 5.32 Å². The summed E-state index contributed by atoms with van der Waals surface area (Å²) in [6.45, 7) is 0.915. The Morgan fingerprint density at radius 3 is 2.83 bits per heavy atom. The third-order valence-electron chi connectivity index (χ3n) is 2.84. The van der Waals surface area contributed by atoms with Crippen LogP contribution in [0.4, 0.5) is 0 Å². The predicted molar refractivity (Wildman–Crippen MR) is 67.3 cm³/mol. The average molecular weight is 248 g/mol. The van der Waals surface area contributed by atoms with Crippen molar-refractivity contribution in [3.63, 3.8) is 0 Å². The molecule has 0 amide bonds. The van der Waals surface area contributed by atoms with Gasteiger partial charge in [-0.1, -0.05) is 35.5 Å². The Balaban J connectivity index is 1.76. The summed E-state index contributed by atoms with van der Waals surface area (Å²) in [5.74, 6) is -0.806. The van der Waals surface area contributed by atoms with Gasteiger partial charge < -0.3 is 9.94 Å². The van der Waals surface area contributed by atoms with Gasteiger partial charge in [0.15, 0.2) is 0 Å². The molecule has 0 spiro atoms. The van der Waals surface area contributed by atoms with E-state index < -0.39 is 12.0 Å². The van der Waals surface area contributed by atoms with Gasteiger partial charge in [0.2, 0.25) is 0 Å². The van der Waals surface area contributed by atoms with Gasteiger partial charge in [0.1, 0.15) is 12.6 Å². The SMILES string of the molecule is O=C(O)C1CCC(=NOCc2ccccc2)CN1. The molecule has 0 bridgehead atoms. The highest BCUT2D eigenvalue weighted by atomic mass is 16.6. The number of aliphatic carboxylic acids is 1. The average Bonchev–Trinajstić information content (AvgIpc) is 2.40. The Kier molecular flexibility index (Phi) is 4.30. The lowest BCUT2D eigenvalue weighted by atomic mass is 10.0. The molecule has 0 radical (unpaired) electrons. The summed E-state index contributed by atoms with van der Waals surface area (Å²) in [5.41, 5.74) is 1.93. The first kappa shape index (κ1) is 12.6. The number of hydrogen-bond acceptors (Lipinski definition) is 4. The molecule has 0 aliphatic carbocycles. The minimum atomic E-state index is -0.806. The second kappa shape index (κ2) is 6.16. The molecule has 0 saturated carbocycles. The molecule has 1 atom stereocenters. The zero-order valence-electron chi connectivity index (χ0n) is 10.0. The highest BCUT2D eigenvalue weighted by molar-refractivity contribution is 5.88. The van der Waals surface area contributed by atoms with E-state index in [-0.39, 0.29) is 0 Å². The van der Waals surface area contributed by atoms with E-state index in [0.717, 1.165) is 11.3 Å². The monoisotopic (exact) mass is 248 g/mol. The van der Waals surface area contributed by atoms with Crippen LogP contribution in [0.5, 0.6) is 0 Å². The second-order valence-electron chi connectivity index (χ2n) is 4.23. The maximum Gasteiger partial charge on any atom is 0.320 e. The summed E-state index contributed by atoms with van der Waals surface area (Å²) in [7, 11) is 0. The summed E-state index contributed by atoms with van der Waals surface area (Å²) >= 11 is 0. The number of carboxylic acids is 1. The minimum absolute atomic E-state index is 0.437. The first-order valence-corrected chi connectivity index (χ1v) is 5.93. The molecule has 1 aliphatic rings. The number of nitrogens with zero attached hydrogens (tertiary/aromatic N) is 1. The summed E-state index contributed by atoms with van der Waals surface area (Å²) in [6.07, 6.45) is 1.22. The van der Waals surface area contributed by atoms with E-state index in [2.05, 4.69) is 10.5 Å². The zero-order valence-corrected chi connectivity index (χ0v) is 10.0.